The third-order valence-electron chi connectivity index (χ3n) is 4.77. The van der Waals surface area contributed by atoms with Crippen LogP contribution in [0, 0.1) is 13.8 Å². The largest absolute Gasteiger partial charge is 0.483 e. The number of nitrogens with zero attached hydrogens (tertiary/aromatic N) is 1. The number of carbonyl (C=O) groups is 1. The Morgan fingerprint density at radius 1 is 1.07 bits per heavy atom. The highest BCUT2D eigenvalue weighted by Crippen LogP contribution is 2.38. The van der Waals surface area contributed by atoms with Crippen LogP contribution in [0.3, 0.4) is 0 Å². The van der Waals surface area contributed by atoms with Crippen LogP contribution in [0.5, 0.6) is 5.75 Å². The minimum atomic E-state index is -0.310. The van der Waals surface area contributed by atoms with Gasteiger partial charge in [0.05, 0.1) is 25.9 Å². The Labute approximate surface area is 188 Å². The molecule has 0 aliphatic rings. The molecule has 30 heavy (non-hydrogen) atoms. The Kier molecular flexibility index (Phi) is 5.95. The Morgan fingerprint density at radius 2 is 1.87 bits per heavy atom. The summed E-state index contributed by atoms with van der Waals surface area (Å²) < 4.78 is 6.74. The molecule has 0 unspecified atom stereocenters. The van der Waals surface area contributed by atoms with Crippen molar-refractivity contribution in [3.8, 4) is 16.3 Å². The SMILES string of the molecule is Cc1cccc(OCC(=O)Nc2cc(-c3nc4ccccc4s3)c(Cl)cc2Cl)c1C. The van der Waals surface area contributed by atoms with Crippen molar-refractivity contribution in [1.82, 2.24) is 4.98 Å². The number of fused-ring (bicyclic) bond motifs is 1. The summed E-state index contributed by atoms with van der Waals surface area (Å²) in [4.78, 5) is 17.1. The van der Waals surface area contributed by atoms with Crippen molar-refractivity contribution >= 4 is 56.3 Å². The van der Waals surface area contributed by atoms with Crippen LogP contribution < -0.4 is 10.1 Å². The number of aryl methyl sites for hydroxylation is 1. The summed E-state index contributed by atoms with van der Waals surface area (Å²) >= 11 is 14.3. The third-order valence-corrected chi connectivity index (χ3v) is 6.46. The van der Waals surface area contributed by atoms with Gasteiger partial charge < -0.3 is 10.1 Å². The van der Waals surface area contributed by atoms with E-state index in [1.165, 1.54) is 11.3 Å². The topological polar surface area (TPSA) is 51.2 Å². The van der Waals surface area contributed by atoms with Crippen LogP contribution in [0.25, 0.3) is 20.8 Å². The molecule has 0 aliphatic heterocycles. The molecule has 1 heterocycles. The minimum absolute atomic E-state index is 0.125. The van der Waals surface area contributed by atoms with E-state index in [0.29, 0.717) is 27.0 Å². The highest BCUT2D eigenvalue weighted by atomic mass is 35.5. The van der Waals surface area contributed by atoms with Gasteiger partial charge in [-0.15, -0.1) is 11.3 Å². The average molecular weight is 457 g/mol. The van der Waals surface area contributed by atoms with E-state index in [-0.39, 0.29) is 12.5 Å². The van der Waals surface area contributed by atoms with Crippen LogP contribution in [0.15, 0.2) is 54.6 Å². The number of para-hydroxylation sites is 1. The first-order chi connectivity index (χ1) is 14.4. The quantitative estimate of drug-likeness (QED) is 0.355. The van der Waals surface area contributed by atoms with Gasteiger partial charge in [-0.25, -0.2) is 4.98 Å². The number of aromatic nitrogens is 1. The van der Waals surface area contributed by atoms with Crippen LogP contribution in [0.2, 0.25) is 10.0 Å². The summed E-state index contributed by atoms with van der Waals surface area (Å²) in [5, 5.41) is 4.40. The van der Waals surface area contributed by atoms with E-state index in [4.69, 9.17) is 27.9 Å². The monoisotopic (exact) mass is 456 g/mol. The zero-order valence-corrected chi connectivity index (χ0v) is 18.7. The molecule has 0 bridgehead atoms. The highest BCUT2D eigenvalue weighted by molar-refractivity contribution is 7.21. The summed E-state index contributed by atoms with van der Waals surface area (Å²) in [5.41, 5.74) is 4.19. The van der Waals surface area contributed by atoms with Crippen LogP contribution in [-0.2, 0) is 4.79 Å². The Bertz CT molecular complexity index is 1220. The Balaban J connectivity index is 1.54. The molecule has 1 amide bonds. The molecule has 3 aromatic carbocycles. The lowest BCUT2D eigenvalue weighted by Gasteiger charge is -2.13. The van der Waals surface area contributed by atoms with Crippen molar-refractivity contribution in [2.75, 3.05) is 11.9 Å². The van der Waals surface area contributed by atoms with Gasteiger partial charge in [0.1, 0.15) is 10.8 Å². The molecule has 1 aromatic heterocycles. The lowest BCUT2D eigenvalue weighted by molar-refractivity contribution is -0.118. The molecule has 0 saturated carbocycles. The number of nitrogens with one attached hydrogen (secondary N) is 1. The number of hydrogen-bond donors (Lipinski definition) is 1. The molecule has 7 heteroatoms. The van der Waals surface area contributed by atoms with Gasteiger partial charge in [-0.3, -0.25) is 4.79 Å². The summed E-state index contributed by atoms with van der Waals surface area (Å²) in [5.74, 6) is 0.373. The fraction of sp³-hybridized carbons (Fsp3) is 0.130. The second kappa shape index (κ2) is 8.64. The lowest BCUT2D eigenvalue weighted by Crippen LogP contribution is -2.20. The highest BCUT2D eigenvalue weighted by Gasteiger charge is 2.15. The van der Waals surface area contributed by atoms with Crippen LogP contribution in [0.1, 0.15) is 11.1 Å². The predicted octanol–water partition coefficient (Wildman–Crippen LogP) is 6.90. The van der Waals surface area contributed by atoms with Gasteiger partial charge in [-0.1, -0.05) is 47.5 Å². The first kappa shape index (κ1) is 20.7. The second-order valence-electron chi connectivity index (χ2n) is 6.83. The first-order valence-electron chi connectivity index (χ1n) is 9.26. The molecule has 4 aromatic rings. The zero-order valence-electron chi connectivity index (χ0n) is 16.3. The molecule has 1 N–H and O–H groups in total. The molecule has 4 nitrogen and oxygen atoms in total. The van der Waals surface area contributed by atoms with Gasteiger partial charge in [-0.05, 0) is 55.3 Å². The number of halogens is 2. The summed E-state index contributed by atoms with van der Waals surface area (Å²) in [6.07, 6.45) is 0. The molecule has 0 fully saturated rings. The Morgan fingerprint density at radius 3 is 2.67 bits per heavy atom. The molecule has 0 atom stereocenters. The van der Waals surface area contributed by atoms with Crippen molar-refractivity contribution in [1.29, 1.82) is 0 Å². The standard InChI is InChI=1S/C23H18Cl2N2O2S/c1-13-6-5-8-20(14(13)2)29-12-22(28)26-19-10-15(16(24)11-17(19)25)23-27-18-7-3-4-9-21(18)30-23/h3-11H,12H2,1-2H3,(H,26,28). The first-order valence-corrected chi connectivity index (χ1v) is 10.8. The maximum atomic E-state index is 12.5. The van der Waals surface area contributed by atoms with Crippen molar-refractivity contribution in [3.63, 3.8) is 0 Å². The normalized spacial score (nSPS) is 10.9. The Hall–Kier alpha value is -2.60. The van der Waals surface area contributed by atoms with Crippen LogP contribution >= 0.6 is 34.5 Å². The number of anilines is 1. The fourth-order valence-corrected chi connectivity index (χ4v) is 4.58. The number of rotatable bonds is 5. The van der Waals surface area contributed by atoms with E-state index in [0.717, 1.165) is 26.4 Å². The van der Waals surface area contributed by atoms with E-state index < -0.39 is 0 Å². The number of carbonyl (C=O) groups excluding carboxylic acids is 1. The van der Waals surface area contributed by atoms with Crippen molar-refractivity contribution in [3.05, 3.63) is 75.8 Å². The van der Waals surface area contributed by atoms with E-state index >= 15 is 0 Å². The van der Waals surface area contributed by atoms with Crippen molar-refractivity contribution in [2.24, 2.45) is 0 Å². The fourth-order valence-electron chi connectivity index (χ4n) is 3.01. The number of thiazole rings is 1. The van der Waals surface area contributed by atoms with Crippen LogP contribution in [-0.4, -0.2) is 17.5 Å². The minimum Gasteiger partial charge on any atom is -0.483 e. The maximum Gasteiger partial charge on any atom is 0.262 e. The number of benzene rings is 3. The molecular weight excluding hydrogens is 439 g/mol. The van der Waals surface area contributed by atoms with E-state index in [1.807, 2.05) is 56.3 Å². The molecule has 4 rings (SSSR count). The number of ether oxygens (including phenoxy) is 1. The molecule has 0 aliphatic carbocycles. The molecule has 152 valence electrons. The van der Waals surface area contributed by atoms with Gasteiger partial charge >= 0.3 is 0 Å². The molecule has 0 saturated heterocycles. The van der Waals surface area contributed by atoms with E-state index in [1.54, 1.807) is 12.1 Å². The zero-order chi connectivity index (χ0) is 21.3. The molecule has 0 spiro atoms. The summed E-state index contributed by atoms with van der Waals surface area (Å²) in [7, 11) is 0. The predicted molar refractivity (Wildman–Crippen MR) is 125 cm³/mol. The third kappa shape index (κ3) is 4.29. The van der Waals surface area contributed by atoms with Gasteiger partial charge in [-0.2, -0.15) is 0 Å². The van der Waals surface area contributed by atoms with Gasteiger partial charge in [0, 0.05) is 5.56 Å². The van der Waals surface area contributed by atoms with Gasteiger partial charge in [0.25, 0.3) is 5.91 Å². The average Bonchev–Trinajstić information content (AvgIpc) is 3.15. The molecule has 0 radical (unpaired) electrons. The summed E-state index contributed by atoms with van der Waals surface area (Å²) in [6, 6.07) is 17.0. The summed E-state index contributed by atoms with van der Waals surface area (Å²) in [6.45, 7) is 3.84. The van der Waals surface area contributed by atoms with E-state index in [9.17, 15) is 4.79 Å². The van der Waals surface area contributed by atoms with E-state index in [2.05, 4.69) is 10.3 Å². The number of hydrogen-bond acceptors (Lipinski definition) is 4. The van der Waals surface area contributed by atoms with Gasteiger partial charge in [0.15, 0.2) is 6.61 Å². The van der Waals surface area contributed by atoms with Crippen LogP contribution in [0.4, 0.5) is 5.69 Å². The van der Waals surface area contributed by atoms with Crippen molar-refractivity contribution < 1.29 is 9.53 Å². The van der Waals surface area contributed by atoms with Gasteiger partial charge in [0.2, 0.25) is 0 Å². The molecular formula is C23H18Cl2N2O2S. The smallest absolute Gasteiger partial charge is 0.262 e. The maximum absolute atomic E-state index is 12.5. The number of amides is 1. The lowest BCUT2D eigenvalue weighted by atomic mass is 10.1. The second-order valence-corrected chi connectivity index (χ2v) is 8.68. The van der Waals surface area contributed by atoms with Crippen molar-refractivity contribution in [2.45, 2.75) is 13.8 Å².